The zero-order valence-corrected chi connectivity index (χ0v) is 25.1. The van der Waals surface area contributed by atoms with Gasteiger partial charge in [-0.3, -0.25) is 0 Å². The first-order valence-corrected chi connectivity index (χ1v) is 13.8. The molecule has 0 unspecified atom stereocenters. The summed E-state index contributed by atoms with van der Waals surface area (Å²) in [5.74, 6) is 0.734. The molecule has 2 nitrogen and oxygen atoms in total. The SMILES string of the molecule is CC.CC.CC.CC.CC.C\C=C/C=C(\C=C/C)c1cc(-c2ccccc2)nc(-c2ccccc2)n1. The van der Waals surface area contributed by atoms with E-state index in [2.05, 4.69) is 30.4 Å². The average molecular weight is 489 g/mol. The topological polar surface area (TPSA) is 25.8 Å². The summed E-state index contributed by atoms with van der Waals surface area (Å²) in [6.45, 7) is 24.0. The van der Waals surface area contributed by atoms with Crippen LogP contribution in [0, 0.1) is 0 Å². The van der Waals surface area contributed by atoms with Gasteiger partial charge in [-0.25, -0.2) is 9.97 Å². The lowest BCUT2D eigenvalue weighted by Crippen LogP contribution is -1.97. The van der Waals surface area contributed by atoms with Gasteiger partial charge in [0, 0.05) is 11.1 Å². The number of rotatable bonds is 5. The molecule has 0 amide bonds. The standard InChI is InChI=1S/C24H22N2.5C2H6/c1-3-5-13-19(12-4-2)22-18-23(20-14-8-6-9-15-20)26-24(25-22)21-16-10-7-11-17-21;5*1-2/h3-18H,1-2H3;5*1-2H3/b5-3-,12-4-,19-13+;;;;;. The van der Waals surface area contributed by atoms with Gasteiger partial charge >= 0.3 is 0 Å². The fourth-order valence-corrected chi connectivity index (χ4v) is 2.67. The normalized spacial score (nSPS) is 9.61. The van der Waals surface area contributed by atoms with Gasteiger partial charge in [-0.15, -0.1) is 0 Å². The van der Waals surface area contributed by atoms with Crippen LogP contribution in [0.1, 0.15) is 88.8 Å². The van der Waals surface area contributed by atoms with Gasteiger partial charge in [-0.2, -0.15) is 0 Å². The van der Waals surface area contributed by atoms with E-state index >= 15 is 0 Å². The summed E-state index contributed by atoms with van der Waals surface area (Å²) in [7, 11) is 0. The van der Waals surface area contributed by atoms with Crippen LogP contribution in [0.15, 0.2) is 97.1 Å². The Bertz CT molecular complexity index is 880. The first-order valence-electron chi connectivity index (χ1n) is 13.8. The van der Waals surface area contributed by atoms with Crippen LogP contribution in [-0.4, -0.2) is 9.97 Å². The number of aromatic nitrogens is 2. The maximum absolute atomic E-state index is 4.84. The molecule has 0 radical (unpaired) electrons. The molecule has 2 heteroatoms. The Labute approximate surface area is 224 Å². The molecule has 2 aromatic carbocycles. The quantitative estimate of drug-likeness (QED) is 0.334. The number of nitrogens with zero attached hydrogens (tertiary/aromatic N) is 2. The van der Waals surface area contributed by atoms with Gasteiger partial charge in [0.25, 0.3) is 0 Å². The molecule has 0 fully saturated rings. The van der Waals surface area contributed by atoms with Crippen molar-refractivity contribution in [3.8, 4) is 22.6 Å². The van der Waals surface area contributed by atoms with E-state index in [4.69, 9.17) is 9.97 Å². The van der Waals surface area contributed by atoms with E-state index in [0.717, 1.165) is 33.9 Å². The van der Waals surface area contributed by atoms with Crippen molar-refractivity contribution < 1.29 is 0 Å². The molecule has 36 heavy (non-hydrogen) atoms. The van der Waals surface area contributed by atoms with Crippen LogP contribution in [0.2, 0.25) is 0 Å². The van der Waals surface area contributed by atoms with Crippen molar-refractivity contribution in [2.75, 3.05) is 0 Å². The molecular weight excluding hydrogens is 436 g/mol. The summed E-state index contributed by atoms with van der Waals surface area (Å²) < 4.78 is 0. The lowest BCUT2D eigenvalue weighted by Gasteiger charge is -2.09. The Kier molecular flexibility index (Phi) is 29.0. The van der Waals surface area contributed by atoms with Gasteiger partial charge < -0.3 is 0 Å². The van der Waals surface area contributed by atoms with E-state index in [1.165, 1.54) is 0 Å². The molecule has 3 aromatic rings. The lowest BCUT2D eigenvalue weighted by molar-refractivity contribution is 1.16. The Balaban J connectivity index is -0.000000973. The second-order valence-corrected chi connectivity index (χ2v) is 5.84. The highest BCUT2D eigenvalue weighted by molar-refractivity contribution is 5.77. The summed E-state index contributed by atoms with van der Waals surface area (Å²) in [6, 6.07) is 22.4. The summed E-state index contributed by atoms with van der Waals surface area (Å²) in [5, 5.41) is 0. The molecule has 0 aliphatic rings. The molecular formula is C34H52N2. The number of hydrogen-bond acceptors (Lipinski definition) is 2. The molecule has 0 saturated carbocycles. The van der Waals surface area contributed by atoms with Crippen LogP contribution in [0.25, 0.3) is 28.2 Å². The van der Waals surface area contributed by atoms with E-state index in [9.17, 15) is 0 Å². The predicted octanol–water partition coefficient (Wildman–Crippen LogP) is 11.5. The smallest absolute Gasteiger partial charge is 0.160 e. The minimum atomic E-state index is 0.734. The van der Waals surface area contributed by atoms with Crippen molar-refractivity contribution in [1.29, 1.82) is 0 Å². The highest BCUT2D eigenvalue weighted by Gasteiger charge is 2.10. The van der Waals surface area contributed by atoms with Crippen molar-refractivity contribution >= 4 is 5.57 Å². The van der Waals surface area contributed by atoms with Crippen molar-refractivity contribution in [3.05, 3.63) is 103 Å². The molecule has 0 N–H and O–H groups in total. The van der Waals surface area contributed by atoms with Crippen LogP contribution >= 0.6 is 0 Å². The fraction of sp³-hybridized carbons (Fsp3) is 0.353. The maximum Gasteiger partial charge on any atom is 0.160 e. The zero-order chi connectivity index (χ0) is 28.2. The third-order valence-electron chi connectivity index (χ3n) is 3.94. The summed E-state index contributed by atoms with van der Waals surface area (Å²) in [5.41, 5.74) is 4.98. The molecule has 0 spiro atoms. The molecule has 0 atom stereocenters. The van der Waals surface area contributed by atoms with E-state index in [0.29, 0.717) is 0 Å². The lowest BCUT2D eigenvalue weighted by atomic mass is 10.1. The van der Waals surface area contributed by atoms with E-state index < -0.39 is 0 Å². The van der Waals surface area contributed by atoms with Crippen molar-refractivity contribution in [3.63, 3.8) is 0 Å². The molecule has 1 heterocycles. The molecule has 0 saturated heterocycles. The zero-order valence-electron chi connectivity index (χ0n) is 25.1. The molecule has 0 aliphatic carbocycles. The first kappa shape index (κ1) is 37.3. The Morgan fingerprint density at radius 3 is 1.50 bits per heavy atom. The van der Waals surface area contributed by atoms with E-state index in [1.54, 1.807) is 0 Å². The summed E-state index contributed by atoms with van der Waals surface area (Å²) >= 11 is 0. The van der Waals surface area contributed by atoms with Gasteiger partial charge in [0.1, 0.15) is 0 Å². The van der Waals surface area contributed by atoms with Crippen molar-refractivity contribution in [1.82, 2.24) is 9.97 Å². The molecule has 3 rings (SSSR count). The largest absolute Gasteiger partial charge is 0.228 e. The second-order valence-electron chi connectivity index (χ2n) is 5.84. The highest BCUT2D eigenvalue weighted by atomic mass is 14.9. The van der Waals surface area contributed by atoms with Gasteiger partial charge in [0.15, 0.2) is 5.82 Å². The van der Waals surface area contributed by atoms with Crippen LogP contribution in [0.5, 0.6) is 0 Å². The third kappa shape index (κ3) is 14.2. The van der Waals surface area contributed by atoms with Crippen LogP contribution < -0.4 is 0 Å². The summed E-state index contributed by atoms with van der Waals surface area (Å²) in [4.78, 5) is 9.65. The maximum atomic E-state index is 4.84. The monoisotopic (exact) mass is 488 g/mol. The number of hydrogen-bond donors (Lipinski definition) is 0. The third-order valence-corrected chi connectivity index (χ3v) is 3.94. The van der Waals surface area contributed by atoms with Crippen molar-refractivity contribution in [2.45, 2.75) is 83.1 Å². The predicted molar refractivity (Wildman–Crippen MR) is 167 cm³/mol. The van der Waals surface area contributed by atoms with Gasteiger partial charge in [-0.1, -0.05) is 160 Å². The Hall–Kier alpha value is -3.26. The molecule has 198 valence electrons. The molecule has 1 aromatic heterocycles. The fourth-order valence-electron chi connectivity index (χ4n) is 2.67. The number of allylic oxidation sites excluding steroid dienone is 6. The second kappa shape index (κ2) is 28.0. The van der Waals surface area contributed by atoms with Gasteiger partial charge in [0.2, 0.25) is 0 Å². The number of benzene rings is 2. The van der Waals surface area contributed by atoms with E-state index in [-0.39, 0.29) is 0 Å². The first-order chi connectivity index (χ1) is 17.8. The average Bonchev–Trinajstić information content (AvgIpc) is 3.01. The molecule has 0 bridgehead atoms. The minimum Gasteiger partial charge on any atom is -0.228 e. The van der Waals surface area contributed by atoms with Crippen molar-refractivity contribution in [2.24, 2.45) is 0 Å². The van der Waals surface area contributed by atoms with Gasteiger partial charge in [-0.05, 0) is 25.5 Å². The molecule has 0 aliphatic heterocycles. The van der Waals surface area contributed by atoms with Crippen LogP contribution in [-0.2, 0) is 0 Å². The van der Waals surface area contributed by atoms with Crippen LogP contribution in [0.3, 0.4) is 0 Å². The summed E-state index contributed by atoms with van der Waals surface area (Å²) in [6.07, 6.45) is 10.2. The highest BCUT2D eigenvalue weighted by Crippen LogP contribution is 2.26. The Morgan fingerprint density at radius 1 is 0.583 bits per heavy atom. The van der Waals surface area contributed by atoms with Crippen LogP contribution in [0.4, 0.5) is 0 Å². The minimum absolute atomic E-state index is 0.734. The Morgan fingerprint density at radius 2 is 1.06 bits per heavy atom. The van der Waals surface area contributed by atoms with Gasteiger partial charge in [0.05, 0.1) is 11.4 Å². The van der Waals surface area contributed by atoms with E-state index in [1.807, 2.05) is 150 Å².